The lowest BCUT2D eigenvalue weighted by atomic mass is 9.82. The SMILES string of the molecule is CC=C(O)[C@@H](C(N)=O)N1CC2(CN(C(=O)OC(C)(C)C)CCN2C(C)=O)C1=O. The minimum atomic E-state index is -1.31. The molecule has 2 fully saturated rings. The standard InChI is InChI=1S/C18H28N4O6/c1-6-12(24)13(14(19)25)21-10-18(15(21)26)9-20(7-8-22(18)11(2)23)16(27)28-17(3,4)5/h6,13,24H,7-10H2,1-5H3,(H2,19,25)/t13-,18?/m0/s1. The number of rotatable bonds is 3. The molecule has 2 heterocycles. The van der Waals surface area contributed by atoms with Gasteiger partial charge in [0.15, 0.2) is 11.6 Å². The van der Waals surface area contributed by atoms with Gasteiger partial charge in [0.05, 0.1) is 13.1 Å². The summed E-state index contributed by atoms with van der Waals surface area (Å²) in [6.07, 6.45) is 0.703. The lowest BCUT2D eigenvalue weighted by molar-refractivity contribution is -0.181. The van der Waals surface area contributed by atoms with Crippen LogP contribution < -0.4 is 5.73 Å². The van der Waals surface area contributed by atoms with Gasteiger partial charge < -0.3 is 30.3 Å². The molecule has 0 saturated carbocycles. The fourth-order valence-electron chi connectivity index (χ4n) is 3.60. The van der Waals surface area contributed by atoms with E-state index in [1.165, 1.54) is 29.7 Å². The Labute approximate surface area is 163 Å². The van der Waals surface area contributed by atoms with Gasteiger partial charge in [0, 0.05) is 20.0 Å². The molecule has 0 bridgehead atoms. The van der Waals surface area contributed by atoms with E-state index in [-0.39, 0.29) is 37.8 Å². The first-order chi connectivity index (χ1) is 12.8. The van der Waals surface area contributed by atoms with Crippen LogP contribution in [-0.4, -0.2) is 87.0 Å². The molecule has 3 N–H and O–H groups in total. The Bertz CT molecular complexity index is 728. The lowest BCUT2D eigenvalue weighted by Gasteiger charge is -2.58. The average Bonchev–Trinajstić information content (AvgIpc) is 2.58. The summed E-state index contributed by atoms with van der Waals surface area (Å²) in [6.45, 7) is 8.36. The average molecular weight is 396 g/mol. The molecule has 0 radical (unpaired) electrons. The highest BCUT2D eigenvalue weighted by Gasteiger charge is 2.62. The third-order valence-corrected chi connectivity index (χ3v) is 4.84. The van der Waals surface area contributed by atoms with Crippen LogP contribution >= 0.6 is 0 Å². The van der Waals surface area contributed by atoms with Gasteiger partial charge in [-0.3, -0.25) is 14.4 Å². The number of nitrogens with two attached hydrogens (primary N) is 1. The van der Waals surface area contributed by atoms with Crippen LogP contribution in [0.3, 0.4) is 0 Å². The zero-order chi connectivity index (χ0) is 21.4. The molecule has 0 aliphatic carbocycles. The number of primary amides is 1. The first-order valence-corrected chi connectivity index (χ1v) is 9.06. The summed E-state index contributed by atoms with van der Waals surface area (Å²) in [5.74, 6) is -2.09. The number of ether oxygens (including phenoxy) is 1. The van der Waals surface area contributed by atoms with Gasteiger partial charge in [0.2, 0.25) is 11.8 Å². The van der Waals surface area contributed by atoms with Gasteiger partial charge in [-0.2, -0.15) is 0 Å². The van der Waals surface area contributed by atoms with Gasteiger partial charge in [-0.05, 0) is 33.8 Å². The van der Waals surface area contributed by atoms with Crippen molar-refractivity contribution in [3.05, 3.63) is 11.8 Å². The third kappa shape index (κ3) is 3.76. The number of hydrogen-bond acceptors (Lipinski definition) is 6. The maximum atomic E-state index is 13.1. The van der Waals surface area contributed by atoms with Gasteiger partial charge in [0.1, 0.15) is 11.4 Å². The predicted molar refractivity (Wildman–Crippen MR) is 99.0 cm³/mol. The van der Waals surface area contributed by atoms with Gasteiger partial charge in [-0.1, -0.05) is 0 Å². The molecule has 2 aliphatic rings. The van der Waals surface area contributed by atoms with E-state index in [4.69, 9.17) is 10.5 Å². The Morgan fingerprint density at radius 1 is 1.25 bits per heavy atom. The molecule has 10 nitrogen and oxygen atoms in total. The van der Waals surface area contributed by atoms with Crippen molar-refractivity contribution in [2.24, 2.45) is 5.73 Å². The lowest BCUT2D eigenvalue weighted by Crippen LogP contribution is -2.83. The fourth-order valence-corrected chi connectivity index (χ4v) is 3.60. The summed E-state index contributed by atoms with van der Waals surface area (Å²) in [6, 6.07) is -1.31. The van der Waals surface area contributed by atoms with Crippen LogP contribution in [0.2, 0.25) is 0 Å². The highest BCUT2D eigenvalue weighted by atomic mass is 16.6. The number of β-lactam (4-membered cyclic amide) rings is 1. The minimum Gasteiger partial charge on any atom is -0.510 e. The second-order valence-electron chi connectivity index (χ2n) is 8.06. The Hall–Kier alpha value is -2.78. The molecule has 1 unspecified atom stereocenters. The molecule has 0 aromatic carbocycles. The summed E-state index contributed by atoms with van der Waals surface area (Å²) in [5, 5.41) is 9.97. The van der Waals surface area contributed by atoms with Crippen LogP contribution in [0.25, 0.3) is 0 Å². The number of nitrogens with zero attached hydrogens (tertiary/aromatic N) is 3. The number of allylic oxidation sites excluding steroid dienone is 1. The van der Waals surface area contributed by atoms with E-state index in [2.05, 4.69) is 0 Å². The van der Waals surface area contributed by atoms with Crippen molar-refractivity contribution in [3.63, 3.8) is 0 Å². The Morgan fingerprint density at radius 2 is 1.86 bits per heavy atom. The molecule has 1 spiro atoms. The molecule has 0 aromatic heterocycles. The van der Waals surface area contributed by atoms with Crippen LogP contribution in [0, 0.1) is 0 Å². The maximum absolute atomic E-state index is 13.1. The van der Waals surface area contributed by atoms with Crippen LogP contribution in [0.5, 0.6) is 0 Å². The molecule has 2 atom stereocenters. The normalized spacial score (nSPS) is 24.1. The maximum Gasteiger partial charge on any atom is 0.410 e. The fraction of sp³-hybridized carbons (Fsp3) is 0.667. The van der Waals surface area contributed by atoms with Crippen molar-refractivity contribution in [3.8, 4) is 0 Å². The van der Waals surface area contributed by atoms with Gasteiger partial charge in [0.25, 0.3) is 5.91 Å². The number of aliphatic hydroxyl groups is 1. The van der Waals surface area contributed by atoms with E-state index >= 15 is 0 Å². The number of amides is 4. The number of piperazine rings is 1. The number of hydrogen-bond donors (Lipinski definition) is 2. The summed E-state index contributed by atoms with van der Waals surface area (Å²) >= 11 is 0. The van der Waals surface area contributed by atoms with E-state index < -0.39 is 35.1 Å². The molecule has 0 aromatic rings. The van der Waals surface area contributed by atoms with Crippen LogP contribution in [-0.2, 0) is 19.1 Å². The molecule has 2 aliphatic heterocycles. The molecule has 156 valence electrons. The molecule has 28 heavy (non-hydrogen) atoms. The molecular weight excluding hydrogens is 368 g/mol. The van der Waals surface area contributed by atoms with E-state index in [1.807, 2.05) is 0 Å². The zero-order valence-electron chi connectivity index (χ0n) is 16.9. The van der Waals surface area contributed by atoms with E-state index in [0.29, 0.717) is 0 Å². The number of carbonyl (C=O) groups is 4. The summed E-state index contributed by atoms with van der Waals surface area (Å²) in [7, 11) is 0. The smallest absolute Gasteiger partial charge is 0.410 e. The summed E-state index contributed by atoms with van der Waals surface area (Å²) in [5.41, 5.74) is 3.34. The zero-order valence-corrected chi connectivity index (χ0v) is 16.9. The molecule has 4 amide bonds. The van der Waals surface area contributed by atoms with Crippen molar-refractivity contribution in [2.75, 3.05) is 26.2 Å². The topological polar surface area (TPSA) is 133 Å². The van der Waals surface area contributed by atoms with Crippen molar-refractivity contribution < 1.29 is 29.0 Å². The Kier molecular flexibility index (Phi) is 5.63. The first-order valence-electron chi connectivity index (χ1n) is 9.06. The second kappa shape index (κ2) is 7.33. The second-order valence-corrected chi connectivity index (χ2v) is 8.06. The van der Waals surface area contributed by atoms with Crippen LogP contribution in [0.4, 0.5) is 4.79 Å². The predicted octanol–water partition coefficient (Wildman–Crippen LogP) is -0.0177. The largest absolute Gasteiger partial charge is 0.510 e. The van der Waals surface area contributed by atoms with Crippen molar-refractivity contribution >= 4 is 23.8 Å². The minimum absolute atomic E-state index is 0.0315. The summed E-state index contributed by atoms with van der Waals surface area (Å²) < 4.78 is 5.37. The number of likely N-dealkylation sites (tertiary alicyclic amines) is 1. The third-order valence-electron chi connectivity index (χ3n) is 4.84. The van der Waals surface area contributed by atoms with Gasteiger partial charge >= 0.3 is 6.09 Å². The Balaban J connectivity index is 2.29. The number of aliphatic hydroxyl groups excluding tert-OH is 1. The van der Waals surface area contributed by atoms with E-state index in [9.17, 15) is 24.3 Å². The number of carbonyl (C=O) groups excluding carboxylic acids is 4. The first kappa shape index (κ1) is 21.5. The quantitative estimate of drug-likeness (QED) is 0.509. The van der Waals surface area contributed by atoms with Gasteiger partial charge in [-0.25, -0.2) is 4.79 Å². The molecular formula is C18H28N4O6. The van der Waals surface area contributed by atoms with Crippen LogP contribution in [0.1, 0.15) is 34.6 Å². The molecule has 2 rings (SSSR count). The Morgan fingerprint density at radius 3 is 2.29 bits per heavy atom. The highest BCUT2D eigenvalue weighted by molar-refractivity contribution is 6.01. The van der Waals surface area contributed by atoms with Crippen molar-refractivity contribution in [1.29, 1.82) is 0 Å². The van der Waals surface area contributed by atoms with Crippen LogP contribution in [0.15, 0.2) is 11.8 Å². The van der Waals surface area contributed by atoms with Crippen molar-refractivity contribution in [1.82, 2.24) is 14.7 Å². The highest BCUT2D eigenvalue weighted by Crippen LogP contribution is 2.36. The van der Waals surface area contributed by atoms with Crippen molar-refractivity contribution in [2.45, 2.75) is 51.8 Å². The summed E-state index contributed by atoms with van der Waals surface area (Å²) in [4.78, 5) is 53.3. The van der Waals surface area contributed by atoms with Gasteiger partial charge in [-0.15, -0.1) is 0 Å². The monoisotopic (exact) mass is 396 g/mol. The van der Waals surface area contributed by atoms with E-state index in [1.54, 1.807) is 20.8 Å². The van der Waals surface area contributed by atoms with E-state index in [0.717, 1.165) is 4.90 Å². The molecule has 10 heteroatoms. The molecule has 2 saturated heterocycles.